The monoisotopic (exact) mass is 343 g/mol. The van der Waals surface area contributed by atoms with Crippen LogP contribution in [-0.2, 0) is 6.54 Å². The zero-order valence-electron chi connectivity index (χ0n) is 11.3. The van der Waals surface area contributed by atoms with Gasteiger partial charge in [0.25, 0.3) is 0 Å². The summed E-state index contributed by atoms with van der Waals surface area (Å²) in [6.45, 7) is 8.14. The lowest BCUT2D eigenvalue weighted by atomic mass is 10.2. The molecule has 0 aromatic carbocycles. The van der Waals surface area contributed by atoms with Gasteiger partial charge in [0.1, 0.15) is 0 Å². The third kappa shape index (κ3) is 4.09. The molecule has 2 aromatic rings. The Kier molecular flexibility index (Phi) is 5.06. The van der Waals surface area contributed by atoms with Crippen LogP contribution >= 0.6 is 27.3 Å². The van der Waals surface area contributed by atoms with Crippen LogP contribution in [0.5, 0.6) is 0 Å². The molecule has 0 aliphatic carbocycles. The maximum absolute atomic E-state index is 4.13. The number of rotatable bonds is 6. The Morgan fingerprint density at radius 1 is 1.37 bits per heavy atom. The van der Waals surface area contributed by atoms with Gasteiger partial charge in [-0.05, 0) is 57.9 Å². The van der Waals surface area contributed by atoms with Gasteiger partial charge < -0.3 is 5.32 Å². The second-order valence-electron chi connectivity index (χ2n) is 4.92. The van der Waals surface area contributed by atoms with Gasteiger partial charge in [-0.25, -0.2) is 4.68 Å². The first-order chi connectivity index (χ1) is 9.06. The molecule has 1 N–H and O–H groups in total. The maximum atomic E-state index is 4.13. The van der Waals surface area contributed by atoms with Crippen LogP contribution in [0.1, 0.15) is 37.5 Å². The number of nitrogens with zero attached hydrogens (tertiary/aromatic N) is 4. The topological polar surface area (TPSA) is 55.6 Å². The van der Waals surface area contributed by atoms with Crippen molar-refractivity contribution in [3.63, 3.8) is 0 Å². The van der Waals surface area contributed by atoms with Crippen LogP contribution in [0.25, 0.3) is 0 Å². The molecular weight excluding hydrogens is 326 g/mol. The number of nitrogens with one attached hydrogen (secondary N) is 1. The van der Waals surface area contributed by atoms with Crippen LogP contribution in [0.15, 0.2) is 15.9 Å². The first-order valence-electron chi connectivity index (χ1n) is 6.30. The summed E-state index contributed by atoms with van der Waals surface area (Å²) in [6.07, 6.45) is 0. The van der Waals surface area contributed by atoms with E-state index in [1.165, 1.54) is 4.88 Å². The molecule has 19 heavy (non-hydrogen) atoms. The van der Waals surface area contributed by atoms with E-state index in [4.69, 9.17) is 0 Å². The molecular formula is C12H18BrN5S. The molecule has 0 bridgehead atoms. The molecule has 5 nitrogen and oxygen atoms in total. The molecule has 7 heteroatoms. The number of halogens is 1. The molecule has 2 aromatic heterocycles. The van der Waals surface area contributed by atoms with Gasteiger partial charge in [-0.15, -0.1) is 16.4 Å². The second-order valence-corrected chi connectivity index (χ2v) is 7.47. The summed E-state index contributed by atoms with van der Waals surface area (Å²) < 4.78 is 2.99. The predicted octanol–water partition coefficient (Wildman–Crippen LogP) is 2.85. The molecule has 0 aliphatic rings. The van der Waals surface area contributed by atoms with Crippen molar-refractivity contribution in [1.29, 1.82) is 0 Å². The molecule has 0 spiro atoms. The van der Waals surface area contributed by atoms with Crippen LogP contribution in [0.3, 0.4) is 0 Å². The fraction of sp³-hybridized carbons (Fsp3) is 0.583. The van der Waals surface area contributed by atoms with E-state index >= 15 is 0 Å². The number of tetrazole rings is 1. The van der Waals surface area contributed by atoms with E-state index in [0.29, 0.717) is 12.5 Å². The molecule has 0 aliphatic heterocycles. The van der Waals surface area contributed by atoms with E-state index in [0.717, 1.165) is 16.2 Å². The quantitative estimate of drug-likeness (QED) is 0.876. The summed E-state index contributed by atoms with van der Waals surface area (Å²) in [5.74, 6) is 1.49. The largest absolute Gasteiger partial charge is 0.307 e. The van der Waals surface area contributed by atoms with Crippen molar-refractivity contribution in [1.82, 2.24) is 25.5 Å². The van der Waals surface area contributed by atoms with Crippen LogP contribution in [0, 0.1) is 5.92 Å². The van der Waals surface area contributed by atoms with Crippen molar-refractivity contribution in [3.05, 3.63) is 26.6 Å². The summed E-state index contributed by atoms with van der Waals surface area (Å²) >= 11 is 5.17. The van der Waals surface area contributed by atoms with Gasteiger partial charge in [0.05, 0.1) is 16.4 Å². The Morgan fingerprint density at radius 3 is 2.79 bits per heavy atom. The Hall–Kier alpha value is -0.790. The minimum Gasteiger partial charge on any atom is -0.307 e. The highest BCUT2D eigenvalue weighted by Crippen LogP contribution is 2.23. The summed E-state index contributed by atoms with van der Waals surface area (Å²) in [5.41, 5.74) is 0. The van der Waals surface area contributed by atoms with E-state index in [2.05, 4.69) is 63.6 Å². The first kappa shape index (κ1) is 14.6. The van der Waals surface area contributed by atoms with Crippen LogP contribution in [0.2, 0.25) is 0 Å². The minimum absolute atomic E-state index is 0.154. The van der Waals surface area contributed by atoms with Crippen molar-refractivity contribution in [2.75, 3.05) is 6.54 Å². The molecule has 0 saturated carbocycles. The molecule has 104 valence electrons. The maximum Gasteiger partial charge on any atom is 0.168 e. The smallest absolute Gasteiger partial charge is 0.168 e. The molecule has 0 fully saturated rings. The minimum atomic E-state index is 0.154. The van der Waals surface area contributed by atoms with E-state index in [9.17, 15) is 0 Å². The molecule has 0 amide bonds. The molecule has 1 unspecified atom stereocenters. The molecule has 0 radical (unpaired) electrons. The summed E-state index contributed by atoms with van der Waals surface area (Å²) in [6, 6.07) is 4.29. The Bertz CT molecular complexity index is 522. The number of aromatic nitrogens is 4. The molecule has 2 heterocycles. The SMILES string of the molecule is CC(C)CNC(C)c1nnnn1Cc1ccc(Br)s1. The normalized spacial score (nSPS) is 13.1. The highest BCUT2D eigenvalue weighted by atomic mass is 79.9. The zero-order chi connectivity index (χ0) is 13.8. The van der Waals surface area contributed by atoms with E-state index in [1.807, 2.05) is 10.7 Å². The average molecular weight is 344 g/mol. The zero-order valence-corrected chi connectivity index (χ0v) is 13.7. The lowest BCUT2D eigenvalue weighted by Crippen LogP contribution is -2.26. The van der Waals surface area contributed by atoms with Crippen LogP contribution < -0.4 is 5.32 Å². The number of hydrogen-bond acceptors (Lipinski definition) is 5. The van der Waals surface area contributed by atoms with Crippen LogP contribution in [-0.4, -0.2) is 26.8 Å². The van der Waals surface area contributed by atoms with Gasteiger partial charge in [0, 0.05) is 4.88 Å². The van der Waals surface area contributed by atoms with Gasteiger partial charge in [-0.1, -0.05) is 13.8 Å². The lowest BCUT2D eigenvalue weighted by molar-refractivity contribution is 0.462. The van der Waals surface area contributed by atoms with E-state index < -0.39 is 0 Å². The molecule has 1 atom stereocenters. The Morgan fingerprint density at radius 2 is 2.16 bits per heavy atom. The van der Waals surface area contributed by atoms with Gasteiger partial charge in [0.2, 0.25) is 0 Å². The Labute approximate surface area is 125 Å². The van der Waals surface area contributed by atoms with E-state index in [1.54, 1.807) is 11.3 Å². The second kappa shape index (κ2) is 6.58. The van der Waals surface area contributed by atoms with Crippen molar-refractivity contribution < 1.29 is 0 Å². The summed E-state index contributed by atoms with van der Waals surface area (Å²) in [4.78, 5) is 1.23. The number of thiophene rings is 1. The predicted molar refractivity (Wildman–Crippen MR) is 80.2 cm³/mol. The summed E-state index contributed by atoms with van der Waals surface area (Å²) in [7, 11) is 0. The highest BCUT2D eigenvalue weighted by molar-refractivity contribution is 9.11. The standard InChI is InChI=1S/C12H18BrN5S/c1-8(2)6-14-9(3)12-15-16-17-18(12)7-10-4-5-11(13)19-10/h4-5,8-9,14H,6-7H2,1-3H3. The lowest BCUT2D eigenvalue weighted by Gasteiger charge is -2.14. The highest BCUT2D eigenvalue weighted by Gasteiger charge is 2.15. The van der Waals surface area contributed by atoms with Gasteiger partial charge in [0.15, 0.2) is 5.82 Å². The third-order valence-electron chi connectivity index (χ3n) is 2.71. The van der Waals surface area contributed by atoms with Gasteiger partial charge in [-0.2, -0.15) is 0 Å². The fourth-order valence-electron chi connectivity index (χ4n) is 1.72. The van der Waals surface area contributed by atoms with Crippen LogP contribution in [0.4, 0.5) is 0 Å². The van der Waals surface area contributed by atoms with Gasteiger partial charge in [-0.3, -0.25) is 0 Å². The summed E-state index contributed by atoms with van der Waals surface area (Å²) in [5, 5.41) is 15.4. The first-order valence-corrected chi connectivity index (χ1v) is 7.91. The fourth-order valence-corrected chi connectivity index (χ4v) is 3.19. The van der Waals surface area contributed by atoms with Crippen molar-refractivity contribution >= 4 is 27.3 Å². The molecule has 0 saturated heterocycles. The average Bonchev–Trinajstić information content (AvgIpc) is 2.96. The third-order valence-corrected chi connectivity index (χ3v) is 4.32. The van der Waals surface area contributed by atoms with Crippen molar-refractivity contribution in [2.24, 2.45) is 5.92 Å². The van der Waals surface area contributed by atoms with Crippen molar-refractivity contribution in [2.45, 2.75) is 33.4 Å². The van der Waals surface area contributed by atoms with Gasteiger partial charge >= 0.3 is 0 Å². The Balaban J connectivity index is 2.04. The van der Waals surface area contributed by atoms with Crippen molar-refractivity contribution in [3.8, 4) is 0 Å². The van der Waals surface area contributed by atoms with E-state index in [-0.39, 0.29) is 6.04 Å². The molecule has 2 rings (SSSR count). The number of hydrogen-bond donors (Lipinski definition) is 1.